The molecular weight excluding hydrogens is 494 g/mol. The topological polar surface area (TPSA) is 73.9 Å². The summed E-state index contributed by atoms with van der Waals surface area (Å²) < 4.78 is 18.6. The molecule has 0 saturated carbocycles. The molecule has 1 saturated heterocycles. The summed E-state index contributed by atoms with van der Waals surface area (Å²) in [6, 6.07) is 32.6. The number of aliphatic hydroxyl groups is 1. The average molecular weight is 528 g/mol. The predicted octanol–water partition coefficient (Wildman–Crippen LogP) is 6.65. The van der Waals surface area contributed by atoms with E-state index in [0.29, 0.717) is 6.54 Å². The van der Waals surface area contributed by atoms with Gasteiger partial charge in [0.25, 0.3) is 0 Å². The van der Waals surface area contributed by atoms with Gasteiger partial charge in [-0.3, -0.25) is 0 Å². The van der Waals surface area contributed by atoms with Gasteiger partial charge in [0.1, 0.15) is 5.75 Å². The number of para-hydroxylation sites is 1. The van der Waals surface area contributed by atoms with Crippen LogP contribution < -0.4 is 10.5 Å². The van der Waals surface area contributed by atoms with Crippen LogP contribution in [-0.2, 0) is 22.6 Å². The van der Waals surface area contributed by atoms with Gasteiger partial charge in [0.2, 0.25) is 0 Å². The van der Waals surface area contributed by atoms with E-state index >= 15 is 0 Å². The SMILES string of the molecule is COc1ccccc1SC[C@H]1C[C@@H](c2ccc(CO)cc2)O[C@@H](c2ccc(-c3ccccc3CN)cc2)O1. The number of nitrogens with two attached hydrogens (primary N) is 1. The van der Waals surface area contributed by atoms with E-state index in [9.17, 15) is 5.11 Å². The van der Waals surface area contributed by atoms with Gasteiger partial charge in [-0.15, -0.1) is 11.8 Å². The minimum absolute atomic E-state index is 0.0232. The predicted molar refractivity (Wildman–Crippen MR) is 152 cm³/mol. The van der Waals surface area contributed by atoms with E-state index in [1.807, 2.05) is 54.6 Å². The molecule has 0 bridgehead atoms. The molecule has 1 aliphatic heterocycles. The van der Waals surface area contributed by atoms with Crippen molar-refractivity contribution in [2.75, 3.05) is 12.9 Å². The Hall–Kier alpha value is -3.13. The fourth-order valence-electron chi connectivity index (χ4n) is 4.74. The Bertz CT molecular complexity index is 1330. The van der Waals surface area contributed by atoms with Crippen LogP contribution in [0.1, 0.15) is 41.1 Å². The van der Waals surface area contributed by atoms with E-state index < -0.39 is 6.29 Å². The highest BCUT2D eigenvalue weighted by Crippen LogP contribution is 2.40. The first-order chi connectivity index (χ1) is 18.7. The highest BCUT2D eigenvalue weighted by atomic mass is 32.2. The van der Waals surface area contributed by atoms with Gasteiger partial charge >= 0.3 is 0 Å². The average Bonchev–Trinajstić information content (AvgIpc) is 3.00. The van der Waals surface area contributed by atoms with Crippen LogP contribution in [0.2, 0.25) is 0 Å². The van der Waals surface area contributed by atoms with E-state index in [1.165, 1.54) is 0 Å². The Morgan fingerprint density at radius 1 is 0.868 bits per heavy atom. The molecule has 4 aromatic rings. The molecule has 0 aromatic heterocycles. The molecule has 0 radical (unpaired) electrons. The molecule has 5 rings (SSSR count). The van der Waals surface area contributed by atoms with E-state index in [-0.39, 0.29) is 18.8 Å². The van der Waals surface area contributed by atoms with Gasteiger partial charge in [0.15, 0.2) is 6.29 Å². The van der Waals surface area contributed by atoms with Crippen molar-refractivity contribution >= 4 is 11.8 Å². The van der Waals surface area contributed by atoms with Crippen LogP contribution in [0.25, 0.3) is 11.1 Å². The number of rotatable bonds is 9. The number of hydrogen-bond acceptors (Lipinski definition) is 6. The second kappa shape index (κ2) is 12.6. The monoisotopic (exact) mass is 527 g/mol. The van der Waals surface area contributed by atoms with Crippen LogP contribution in [0.3, 0.4) is 0 Å². The molecule has 38 heavy (non-hydrogen) atoms. The second-order valence-electron chi connectivity index (χ2n) is 9.30. The molecule has 0 unspecified atom stereocenters. The second-order valence-corrected chi connectivity index (χ2v) is 10.4. The van der Waals surface area contributed by atoms with Crippen LogP contribution >= 0.6 is 11.8 Å². The molecule has 0 aliphatic carbocycles. The molecule has 1 fully saturated rings. The number of ether oxygens (including phenoxy) is 3. The summed E-state index contributed by atoms with van der Waals surface area (Å²) in [5, 5.41) is 9.46. The van der Waals surface area contributed by atoms with Gasteiger partial charge in [-0.25, -0.2) is 0 Å². The molecule has 3 atom stereocenters. The van der Waals surface area contributed by atoms with E-state index in [0.717, 1.165) is 56.2 Å². The summed E-state index contributed by atoms with van der Waals surface area (Å²) in [7, 11) is 1.70. The van der Waals surface area contributed by atoms with Crippen molar-refractivity contribution in [1.29, 1.82) is 0 Å². The van der Waals surface area contributed by atoms with Gasteiger partial charge in [0, 0.05) is 29.2 Å². The maximum atomic E-state index is 9.46. The molecule has 4 aromatic carbocycles. The standard InChI is InChI=1S/C32H33NO4S/c1-35-29-8-4-5-9-31(29)38-21-27-18-30(24-12-10-22(20-34)11-13-24)37-32(36-27)25-16-14-23(15-17-25)28-7-3-2-6-26(28)19-33/h2-17,27,30,32,34H,18-21,33H2,1H3/t27-,30+,32+/m1/s1. The fraction of sp³-hybridized carbons (Fsp3) is 0.250. The summed E-state index contributed by atoms with van der Waals surface area (Å²) in [6.45, 7) is 0.518. The largest absolute Gasteiger partial charge is 0.496 e. The van der Waals surface area contributed by atoms with Gasteiger partial charge < -0.3 is 25.1 Å². The number of methoxy groups -OCH3 is 1. The number of hydrogen-bond donors (Lipinski definition) is 2. The number of benzene rings is 4. The first kappa shape index (κ1) is 26.5. The highest BCUT2D eigenvalue weighted by molar-refractivity contribution is 7.99. The third kappa shape index (κ3) is 6.12. The number of aliphatic hydroxyl groups excluding tert-OH is 1. The van der Waals surface area contributed by atoms with Crippen LogP contribution in [0, 0.1) is 0 Å². The Labute approximate surface area is 228 Å². The molecular formula is C32H33NO4S. The first-order valence-electron chi connectivity index (χ1n) is 12.8. The van der Waals surface area contributed by atoms with Gasteiger partial charge in [-0.2, -0.15) is 0 Å². The summed E-state index contributed by atoms with van der Waals surface area (Å²) >= 11 is 1.73. The summed E-state index contributed by atoms with van der Waals surface area (Å²) in [4.78, 5) is 1.09. The molecule has 1 heterocycles. The lowest BCUT2D eigenvalue weighted by Gasteiger charge is -2.36. The van der Waals surface area contributed by atoms with Crippen molar-refractivity contribution in [3.05, 3.63) is 119 Å². The molecule has 0 amide bonds. The van der Waals surface area contributed by atoms with Crippen LogP contribution in [0.5, 0.6) is 5.75 Å². The zero-order valence-electron chi connectivity index (χ0n) is 21.5. The Kier molecular flexibility index (Phi) is 8.79. The lowest BCUT2D eigenvalue weighted by Crippen LogP contribution is -2.31. The molecule has 0 spiro atoms. The summed E-state index contributed by atoms with van der Waals surface area (Å²) in [6.07, 6.45) is 0.0959. The Morgan fingerprint density at radius 2 is 1.58 bits per heavy atom. The zero-order chi connectivity index (χ0) is 26.3. The van der Waals surface area contributed by atoms with Crippen molar-refractivity contribution < 1.29 is 19.3 Å². The van der Waals surface area contributed by atoms with E-state index in [4.69, 9.17) is 19.9 Å². The van der Waals surface area contributed by atoms with Crippen molar-refractivity contribution in [2.45, 2.75) is 43.0 Å². The molecule has 3 N–H and O–H groups in total. The molecule has 196 valence electrons. The third-order valence-electron chi connectivity index (χ3n) is 6.84. The van der Waals surface area contributed by atoms with Gasteiger partial charge in [-0.05, 0) is 39.9 Å². The van der Waals surface area contributed by atoms with Crippen molar-refractivity contribution in [3.8, 4) is 16.9 Å². The lowest BCUT2D eigenvalue weighted by atomic mass is 9.98. The van der Waals surface area contributed by atoms with Crippen LogP contribution in [-0.4, -0.2) is 24.1 Å². The summed E-state index contributed by atoms with van der Waals surface area (Å²) in [5.74, 6) is 1.64. The Morgan fingerprint density at radius 3 is 2.32 bits per heavy atom. The van der Waals surface area contributed by atoms with Crippen molar-refractivity contribution in [3.63, 3.8) is 0 Å². The smallest absolute Gasteiger partial charge is 0.184 e. The maximum absolute atomic E-state index is 9.46. The maximum Gasteiger partial charge on any atom is 0.184 e. The molecule has 5 nitrogen and oxygen atoms in total. The number of thioether (sulfide) groups is 1. The normalized spacial score (nSPS) is 19.3. The molecule has 6 heteroatoms. The molecule has 1 aliphatic rings. The lowest BCUT2D eigenvalue weighted by molar-refractivity contribution is -0.245. The van der Waals surface area contributed by atoms with Crippen molar-refractivity contribution in [1.82, 2.24) is 0 Å². The minimum atomic E-state index is -0.492. The quantitative estimate of drug-likeness (QED) is 0.237. The summed E-state index contributed by atoms with van der Waals surface area (Å²) in [5.41, 5.74) is 12.3. The van der Waals surface area contributed by atoms with Gasteiger partial charge in [0.05, 0.1) is 25.9 Å². The van der Waals surface area contributed by atoms with Crippen molar-refractivity contribution in [2.24, 2.45) is 5.73 Å². The Balaban J connectivity index is 1.38. The highest BCUT2D eigenvalue weighted by Gasteiger charge is 2.32. The van der Waals surface area contributed by atoms with E-state index in [1.54, 1.807) is 18.9 Å². The third-order valence-corrected chi connectivity index (χ3v) is 8.03. The van der Waals surface area contributed by atoms with Crippen LogP contribution in [0.4, 0.5) is 0 Å². The minimum Gasteiger partial charge on any atom is -0.496 e. The zero-order valence-corrected chi connectivity index (χ0v) is 22.3. The van der Waals surface area contributed by atoms with E-state index in [2.05, 4.69) is 42.5 Å². The first-order valence-corrected chi connectivity index (χ1v) is 13.8. The van der Waals surface area contributed by atoms with Gasteiger partial charge in [-0.1, -0.05) is 84.9 Å². The fourth-order valence-corrected chi connectivity index (χ4v) is 5.79. The van der Waals surface area contributed by atoms with Crippen LogP contribution in [0.15, 0.2) is 102 Å².